The lowest BCUT2D eigenvalue weighted by Gasteiger charge is -2.21. The van der Waals surface area contributed by atoms with Gasteiger partial charge in [0.15, 0.2) is 5.76 Å². The van der Waals surface area contributed by atoms with Gasteiger partial charge in [-0.05, 0) is 18.6 Å². The Morgan fingerprint density at radius 3 is 2.74 bits per heavy atom. The van der Waals surface area contributed by atoms with Gasteiger partial charge in [-0.3, -0.25) is 4.79 Å². The van der Waals surface area contributed by atoms with Crippen molar-refractivity contribution in [3.8, 4) is 17.1 Å². The number of rotatable bonds is 4. The van der Waals surface area contributed by atoms with Gasteiger partial charge in [0.1, 0.15) is 11.4 Å². The van der Waals surface area contributed by atoms with Crippen LogP contribution < -0.4 is 10.1 Å². The fraction of sp³-hybridized carbons (Fsp3) is 0.421. The Morgan fingerprint density at radius 1 is 1.19 bits per heavy atom. The number of carbonyl (C=O) groups excluding carboxylic acids is 2. The summed E-state index contributed by atoms with van der Waals surface area (Å²) < 4.78 is 10.6. The lowest BCUT2D eigenvalue weighted by Crippen LogP contribution is -2.42. The standard InChI is InChI=1S/C19H24N4O4/c1-14(24)22-7-4-8-23(10-9-22)19(25)20-13-16-12-18(27-21-16)15-5-3-6-17(11-15)26-2/h3,5-6,11-12H,4,7-10,13H2,1-2H3,(H,20,25). The smallest absolute Gasteiger partial charge is 0.317 e. The average Bonchev–Trinajstić information content (AvgIpc) is 3.01. The van der Waals surface area contributed by atoms with Crippen molar-refractivity contribution in [2.75, 3.05) is 33.3 Å². The first kappa shape index (κ1) is 18.8. The van der Waals surface area contributed by atoms with Gasteiger partial charge in [-0.25, -0.2) is 4.79 Å². The first-order valence-electron chi connectivity index (χ1n) is 8.95. The van der Waals surface area contributed by atoms with E-state index in [2.05, 4.69) is 10.5 Å². The molecule has 2 aromatic rings. The van der Waals surface area contributed by atoms with Crippen LogP contribution in [0.3, 0.4) is 0 Å². The number of urea groups is 1. The molecule has 0 unspecified atom stereocenters. The highest BCUT2D eigenvalue weighted by atomic mass is 16.5. The molecule has 1 fully saturated rings. The Kier molecular flexibility index (Phi) is 5.95. The number of benzene rings is 1. The second-order valence-corrected chi connectivity index (χ2v) is 6.42. The van der Waals surface area contributed by atoms with Crippen molar-refractivity contribution in [3.05, 3.63) is 36.0 Å². The summed E-state index contributed by atoms with van der Waals surface area (Å²) in [6.07, 6.45) is 0.775. The van der Waals surface area contributed by atoms with E-state index < -0.39 is 0 Å². The van der Waals surface area contributed by atoms with Crippen LogP contribution in [0.1, 0.15) is 19.0 Å². The molecule has 0 atom stereocenters. The number of ether oxygens (including phenoxy) is 1. The molecule has 0 bridgehead atoms. The van der Waals surface area contributed by atoms with E-state index in [9.17, 15) is 9.59 Å². The molecule has 2 heterocycles. The molecule has 144 valence electrons. The van der Waals surface area contributed by atoms with E-state index in [1.807, 2.05) is 24.3 Å². The van der Waals surface area contributed by atoms with Crippen molar-refractivity contribution in [1.82, 2.24) is 20.3 Å². The van der Waals surface area contributed by atoms with Crippen molar-refractivity contribution < 1.29 is 18.8 Å². The van der Waals surface area contributed by atoms with Crippen LogP contribution in [0.5, 0.6) is 5.75 Å². The molecule has 1 aliphatic heterocycles. The highest BCUT2D eigenvalue weighted by Gasteiger charge is 2.20. The molecular formula is C19H24N4O4. The van der Waals surface area contributed by atoms with Crippen LogP contribution in [0.4, 0.5) is 4.79 Å². The molecule has 1 aliphatic rings. The largest absolute Gasteiger partial charge is 0.497 e. The lowest BCUT2D eigenvalue weighted by molar-refractivity contribution is -0.128. The number of nitrogens with zero attached hydrogens (tertiary/aromatic N) is 3. The Bertz CT molecular complexity index is 805. The molecule has 3 rings (SSSR count). The summed E-state index contributed by atoms with van der Waals surface area (Å²) in [6, 6.07) is 9.14. The molecule has 1 aromatic carbocycles. The van der Waals surface area contributed by atoms with Crippen molar-refractivity contribution in [2.45, 2.75) is 19.9 Å². The number of aromatic nitrogens is 1. The monoisotopic (exact) mass is 372 g/mol. The average molecular weight is 372 g/mol. The predicted molar refractivity (Wildman–Crippen MR) is 99.2 cm³/mol. The molecule has 8 heteroatoms. The summed E-state index contributed by atoms with van der Waals surface area (Å²) >= 11 is 0. The van der Waals surface area contributed by atoms with Gasteiger partial charge in [-0.15, -0.1) is 0 Å². The number of methoxy groups -OCH3 is 1. The van der Waals surface area contributed by atoms with Gasteiger partial charge in [0.2, 0.25) is 5.91 Å². The van der Waals surface area contributed by atoms with E-state index in [-0.39, 0.29) is 18.5 Å². The zero-order chi connectivity index (χ0) is 19.2. The molecule has 3 amide bonds. The van der Waals surface area contributed by atoms with Gasteiger partial charge in [0.05, 0.1) is 13.7 Å². The van der Waals surface area contributed by atoms with E-state index in [0.717, 1.165) is 17.7 Å². The zero-order valence-corrected chi connectivity index (χ0v) is 15.6. The predicted octanol–water partition coefficient (Wildman–Crippen LogP) is 2.11. The quantitative estimate of drug-likeness (QED) is 0.888. The molecule has 27 heavy (non-hydrogen) atoms. The molecule has 8 nitrogen and oxygen atoms in total. The summed E-state index contributed by atoms with van der Waals surface area (Å²) in [5.74, 6) is 1.40. The Morgan fingerprint density at radius 2 is 1.96 bits per heavy atom. The first-order valence-corrected chi connectivity index (χ1v) is 8.95. The lowest BCUT2D eigenvalue weighted by atomic mass is 10.1. The molecule has 0 aliphatic carbocycles. The van der Waals surface area contributed by atoms with Crippen LogP contribution in [0.15, 0.2) is 34.9 Å². The fourth-order valence-electron chi connectivity index (χ4n) is 3.02. The van der Waals surface area contributed by atoms with Crippen molar-refractivity contribution in [1.29, 1.82) is 0 Å². The Balaban J connectivity index is 1.55. The van der Waals surface area contributed by atoms with E-state index in [0.29, 0.717) is 37.6 Å². The van der Waals surface area contributed by atoms with Gasteiger partial charge in [-0.2, -0.15) is 0 Å². The summed E-state index contributed by atoms with van der Waals surface area (Å²) in [6.45, 7) is 4.24. The summed E-state index contributed by atoms with van der Waals surface area (Å²) in [5.41, 5.74) is 1.50. The van der Waals surface area contributed by atoms with Gasteiger partial charge in [0.25, 0.3) is 0 Å². The molecule has 1 N–H and O–H groups in total. The summed E-state index contributed by atoms with van der Waals surface area (Å²) in [4.78, 5) is 27.4. The van der Waals surface area contributed by atoms with Crippen LogP contribution >= 0.6 is 0 Å². The van der Waals surface area contributed by atoms with E-state index >= 15 is 0 Å². The molecular weight excluding hydrogens is 348 g/mol. The van der Waals surface area contributed by atoms with Gasteiger partial charge < -0.3 is 24.4 Å². The SMILES string of the molecule is COc1cccc(-c2cc(CNC(=O)N3CCCN(C(C)=O)CC3)no2)c1. The number of amides is 3. The molecule has 1 saturated heterocycles. The van der Waals surface area contributed by atoms with E-state index in [1.54, 1.807) is 29.9 Å². The van der Waals surface area contributed by atoms with Crippen LogP contribution in [0, 0.1) is 0 Å². The minimum absolute atomic E-state index is 0.0462. The Hall–Kier alpha value is -3.03. The van der Waals surface area contributed by atoms with Crippen LogP contribution in [-0.2, 0) is 11.3 Å². The third-order valence-corrected chi connectivity index (χ3v) is 4.56. The number of carbonyl (C=O) groups is 2. The maximum absolute atomic E-state index is 12.4. The minimum atomic E-state index is -0.161. The second-order valence-electron chi connectivity index (χ2n) is 6.42. The number of hydrogen-bond acceptors (Lipinski definition) is 5. The fourth-order valence-corrected chi connectivity index (χ4v) is 3.02. The topological polar surface area (TPSA) is 87.9 Å². The summed E-state index contributed by atoms with van der Waals surface area (Å²) in [5, 5.41) is 6.88. The van der Waals surface area contributed by atoms with Gasteiger partial charge in [0, 0.05) is 44.7 Å². The first-order chi connectivity index (χ1) is 13.1. The maximum Gasteiger partial charge on any atom is 0.317 e. The molecule has 0 saturated carbocycles. The second kappa shape index (κ2) is 8.57. The highest BCUT2D eigenvalue weighted by molar-refractivity contribution is 5.75. The van der Waals surface area contributed by atoms with Crippen molar-refractivity contribution in [3.63, 3.8) is 0 Å². The maximum atomic E-state index is 12.4. The third kappa shape index (κ3) is 4.78. The van der Waals surface area contributed by atoms with E-state index in [4.69, 9.17) is 9.26 Å². The molecule has 1 aromatic heterocycles. The highest BCUT2D eigenvalue weighted by Crippen LogP contribution is 2.24. The minimum Gasteiger partial charge on any atom is -0.497 e. The number of hydrogen-bond donors (Lipinski definition) is 1. The van der Waals surface area contributed by atoms with Crippen LogP contribution in [0.25, 0.3) is 11.3 Å². The number of nitrogens with one attached hydrogen (secondary N) is 1. The van der Waals surface area contributed by atoms with Crippen LogP contribution in [0.2, 0.25) is 0 Å². The summed E-state index contributed by atoms with van der Waals surface area (Å²) in [7, 11) is 1.61. The van der Waals surface area contributed by atoms with E-state index in [1.165, 1.54) is 0 Å². The van der Waals surface area contributed by atoms with Gasteiger partial charge in [-0.1, -0.05) is 17.3 Å². The van der Waals surface area contributed by atoms with Crippen molar-refractivity contribution in [2.24, 2.45) is 0 Å². The zero-order valence-electron chi connectivity index (χ0n) is 15.6. The van der Waals surface area contributed by atoms with Crippen molar-refractivity contribution >= 4 is 11.9 Å². The molecule has 0 radical (unpaired) electrons. The normalized spacial score (nSPS) is 14.6. The Labute approximate surface area is 158 Å². The van der Waals surface area contributed by atoms with Gasteiger partial charge >= 0.3 is 6.03 Å². The van der Waals surface area contributed by atoms with Crippen LogP contribution in [-0.4, -0.2) is 60.2 Å². The third-order valence-electron chi connectivity index (χ3n) is 4.56. The molecule has 0 spiro atoms.